The summed E-state index contributed by atoms with van der Waals surface area (Å²) in [6.07, 6.45) is 1.65. The zero-order valence-corrected chi connectivity index (χ0v) is 11.3. The van der Waals surface area contributed by atoms with E-state index in [2.05, 4.69) is 25.9 Å². The molecule has 2 rings (SSSR count). The summed E-state index contributed by atoms with van der Waals surface area (Å²) < 4.78 is 1.61. The molecule has 0 bridgehead atoms. The van der Waals surface area contributed by atoms with E-state index in [-0.39, 0.29) is 11.2 Å². The lowest BCUT2D eigenvalue weighted by molar-refractivity contribution is 0.102. The first-order valence-electron chi connectivity index (χ1n) is 6.03. The van der Waals surface area contributed by atoms with Gasteiger partial charge in [-0.05, 0) is 17.0 Å². The largest absolute Gasteiger partial charge is 0.287 e. The van der Waals surface area contributed by atoms with Gasteiger partial charge in [0, 0.05) is 18.8 Å². The predicted molar refractivity (Wildman–Crippen MR) is 71.8 cm³/mol. The van der Waals surface area contributed by atoms with Crippen molar-refractivity contribution in [1.29, 1.82) is 0 Å². The zero-order chi connectivity index (χ0) is 13.3. The topological polar surface area (TPSA) is 34.9 Å². The highest BCUT2D eigenvalue weighted by molar-refractivity contribution is 6.09. The van der Waals surface area contributed by atoms with E-state index < -0.39 is 0 Å². The van der Waals surface area contributed by atoms with Crippen molar-refractivity contribution in [2.45, 2.75) is 26.2 Å². The number of carbonyl (C=O) groups is 1. The molecule has 1 aromatic carbocycles. The van der Waals surface area contributed by atoms with Crippen molar-refractivity contribution in [1.82, 2.24) is 9.78 Å². The Balaban J connectivity index is 2.53. The van der Waals surface area contributed by atoms with Crippen molar-refractivity contribution in [3.63, 3.8) is 0 Å². The maximum atomic E-state index is 12.5. The van der Waals surface area contributed by atoms with Crippen molar-refractivity contribution in [2.75, 3.05) is 0 Å². The fourth-order valence-corrected chi connectivity index (χ4v) is 2.07. The average Bonchev–Trinajstić information content (AvgIpc) is 2.73. The predicted octanol–water partition coefficient (Wildman–Crippen LogP) is 2.95. The van der Waals surface area contributed by atoms with E-state index in [1.165, 1.54) is 0 Å². The van der Waals surface area contributed by atoms with Crippen LogP contribution in [-0.2, 0) is 12.5 Å². The van der Waals surface area contributed by atoms with Crippen molar-refractivity contribution in [3.05, 3.63) is 53.3 Å². The Hall–Kier alpha value is -1.90. The molecule has 3 heteroatoms. The van der Waals surface area contributed by atoms with Gasteiger partial charge in [-0.1, -0.05) is 45.0 Å². The molecular weight excluding hydrogens is 224 g/mol. The minimum absolute atomic E-state index is 0.0283. The summed E-state index contributed by atoms with van der Waals surface area (Å²) in [7, 11) is 1.78. The normalized spacial score (nSPS) is 11.6. The summed E-state index contributed by atoms with van der Waals surface area (Å²) in [5, 5.41) is 4.05. The van der Waals surface area contributed by atoms with Crippen molar-refractivity contribution >= 4 is 5.78 Å². The fourth-order valence-electron chi connectivity index (χ4n) is 2.07. The zero-order valence-electron chi connectivity index (χ0n) is 11.3. The number of rotatable bonds is 2. The number of nitrogens with zero attached hydrogens (tertiary/aromatic N) is 2. The van der Waals surface area contributed by atoms with E-state index >= 15 is 0 Å². The first-order valence-corrected chi connectivity index (χ1v) is 6.03. The van der Waals surface area contributed by atoms with Crippen LogP contribution in [0.2, 0.25) is 0 Å². The number of aromatic nitrogens is 2. The third-order valence-corrected chi connectivity index (χ3v) is 3.03. The first-order chi connectivity index (χ1) is 8.41. The molecule has 0 atom stereocenters. The molecule has 18 heavy (non-hydrogen) atoms. The number of carbonyl (C=O) groups excluding carboxylic acids is 1. The Bertz CT molecular complexity index is 576. The molecule has 0 N–H and O–H groups in total. The number of hydrogen-bond donors (Lipinski definition) is 0. The summed E-state index contributed by atoms with van der Waals surface area (Å²) in [5.74, 6) is 0.0283. The minimum atomic E-state index is -0.0507. The Kier molecular flexibility index (Phi) is 3.07. The monoisotopic (exact) mass is 242 g/mol. The average molecular weight is 242 g/mol. The third kappa shape index (κ3) is 2.21. The quantitative estimate of drug-likeness (QED) is 0.759. The van der Waals surface area contributed by atoms with Crippen LogP contribution in [0.3, 0.4) is 0 Å². The van der Waals surface area contributed by atoms with Crippen LogP contribution in [0.15, 0.2) is 36.5 Å². The molecule has 0 aliphatic carbocycles. The Morgan fingerprint density at radius 1 is 1.17 bits per heavy atom. The van der Waals surface area contributed by atoms with Gasteiger partial charge in [0.25, 0.3) is 0 Å². The summed E-state index contributed by atoms with van der Waals surface area (Å²) >= 11 is 0. The molecular formula is C15H18N2O. The summed E-state index contributed by atoms with van der Waals surface area (Å²) in [4.78, 5) is 12.5. The molecule has 0 saturated carbocycles. The van der Waals surface area contributed by atoms with Gasteiger partial charge < -0.3 is 0 Å². The van der Waals surface area contributed by atoms with E-state index in [1.807, 2.05) is 24.3 Å². The van der Waals surface area contributed by atoms with Crippen LogP contribution in [0, 0.1) is 0 Å². The molecule has 1 heterocycles. The van der Waals surface area contributed by atoms with Gasteiger partial charge in [0.15, 0.2) is 0 Å². The molecule has 0 aliphatic heterocycles. The van der Waals surface area contributed by atoms with Gasteiger partial charge in [-0.25, -0.2) is 0 Å². The standard InChI is InChI=1S/C15H18N2O/c1-15(2,3)12-8-6-5-7-11(12)14(18)13-9-10-16-17(13)4/h5-10H,1-4H3. The fraction of sp³-hybridized carbons (Fsp3) is 0.333. The van der Waals surface area contributed by atoms with Crippen LogP contribution in [0.5, 0.6) is 0 Å². The van der Waals surface area contributed by atoms with Gasteiger partial charge in [0.1, 0.15) is 5.69 Å². The number of benzene rings is 1. The highest BCUT2D eigenvalue weighted by Crippen LogP contribution is 2.27. The third-order valence-electron chi connectivity index (χ3n) is 3.03. The smallest absolute Gasteiger partial charge is 0.211 e. The molecule has 0 fully saturated rings. The van der Waals surface area contributed by atoms with Crippen molar-refractivity contribution in [3.8, 4) is 0 Å². The lowest BCUT2D eigenvalue weighted by Crippen LogP contribution is -2.18. The van der Waals surface area contributed by atoms with E-state index in [0.29, 0.717) is 5.69 Å². The lowest BCUT2D eigenvalue weighted by Gasteiger charge is -2.22. The van der Waals surface area contributed by atoms with Gasteiger partial charge in [-0.3, -0.25) is 9.48 Å². The van der Waals surface area contributed by atoms with E-state index in [9.17, 15) is 4.79 Å². The van der Waals surface area contributed by atoms with Crippen LogP contribution in [-0.4, -0.2) is 15.6 Å². The van der Waals surface area contributed by atoms with Crippen molar-refractivity contribution < 1.29 is 4.79 Å². The maximum Gasteiger partial charge on any atom is 0.211 e. The molecule has 0 radical (unpaired) electrons. The second kappa shape index (κ2) is 4.41. The summed E-state index contributed by atoms with van der Waals surface area (Å²) in [5.41, 5.74) is 2.39. The van der Waals surface area contributed by atoms with Gasteiger partial charge in [0.05, 0.1) is 0 Å². The van der Waals surface area contributed by atoms with Gasteiger partial charge >= 0.3 is 0 Å². The Morgan fingerprint density at radius 2 is 1.83 bits per heavy atom. The first kappa shape index (κ1) is 12.6. The molecule has 0 amide bonds. The SMILES string of the molecule is Cn1nccc1C(=O)c1ccccc1C(C)(C)C. The maximum absolute atomic E-state index is 12.5. The van der Waals surface area contributed by atoms with Crippen LogP contribution in [0.4, 0.5) is 0 Å². The molecule has 94 valence electrons. The van der Waals surface area contributed by atoms with Crippen LogP contribution >= 0.6 is 0 Å². The summed E-state index contributed by atoms with van der Waals surface area (Å²) in [6.45, 7) is 6.34. The number of hydrogen-bond acceptors (Lipinski definition) is 2. The van der Waals surface area contributed by atoms with E-state index in [0.717, 1.165) is 11.1 Å². The number of aryl methyl sites for hydroxylation is 1. The molecule has 3 nitrogen and oxygen atoms in total. The second-order valence-electron chi connectivity index (χ2n) is 5.46. The van der Waals surface area contributed by atoms with Crippen LogP contribution in [0.1, 0.15) is 42.4 Å². The summed E-state index contributed by atoms with van der Waals surface area (Å²) in [6, 6.07) is 9.53. The molecule has 0 unspecified atom stereocenters. The van der Waals surface area contributed by atoms with Crippen LogP contribution in [0.25, 0.3) is 0 Å². The van der Waals surface area contributed by atoms with E-state index in [1.54, 1.807) is 24.0 Å². The van der Waals surface area contributed by atoms with Gasteiger partial charge in [0.2, 0.25) is 5.78 Å². The molecule has 0 aliphatic rings. The highest BCUT2D eigenvalue weighted by atomic mass is 16.1. The van der Waals surface area contributed by atoms with Crippen molar-refractivity contribution in [2.24, 2.45) is 7.05 Å². The van der Waals surface area contributed by atoms with Gasteiger partial charge in [-0.2, -0.15) is 5.10 Å². The molecule has 2 aromatic rings. The van der Waals surface area contributed by atoms with Gasteiger partial charge in [-0.15, -0.1) is 0 Å². The molecule has 0 saturated heterocycles. The molecule has 1 aromatic heterocycles. The minimum Gasteiger partial charge on any atom is -0.287 e. The lowest BCUT2D eigenvalue weighted by atomic mass is 9.82. The van der Waals surface area contributed by atoms with Crippen LogP contribution < -0.4 is 0 Å². The second-order valence-corrected chi connectivity index (χ2v) is 5.46. The highest BCUT2D eigenvalue weighted by Gasteiger charge is 2.23. The van der Waals surface area contributed by atoms with E-state index in [4.69, 9.17) is 0 Å². The Morgan fingerprint density at radius 3 is 2.39 bits per heavy atom. The number of ketones is 1. The Labute approximate surface area is 107 Å². The molecule has 0 spiro atoms.